The van der Waals surface area contributed by atoms with Crippen molar-refractivity contribution in [3.63, 3.8) is 0 Å². The minimum absolute atomic E-state index is 0.0248. The molecule has 1 spiro atoms. The van der Waals surface area contributed by atoms with E-state index >= 15 is 0 Å². The molecule has 4 nitrogen and oxygen atoms in total. The Labute approximate surface area is 95.6 Å². The summed E-state index contributed by atoms with van der Waals surface area (Å²) in [5.74, 6) is -0.810. The first-order valence-corrected chi connectivity index (χ1v) is 5.97. The third-order valence-corrected chi connectivity index (χ3v) is 4.37. The molecule has 0 aromatic carbocycles. The van der Waals surface area contributed by atoms with Gasteiger partial charge in [-0.3, -0.25) is 4.79 Å². The van der Waals surface area contributed by atoms with Crippen LogP contribution in [0.5, 0.6) is 0 Å². The van der Waals surface area contributed by atoms with Crippen molar-refractivity contribution >= 4 is 11.9 Å². The maximum atomic E-state index is 12.1. The summed E-state index contributed by atoms with van der Waals surface area (Å²) in [4.78, 5) is 24.3. The fourth-order valence-corrected chi connectivity index (χ4v) is 2.93. The van der Waals surface area contributed by atoms with Crippen LogP contribution in [0.4, 0.5) is 0 Å². The first kappa shape index (κ1) is 11.4. The molecule has 16 heavy (non-hydrogen) atoms. The van der Waals surface area contributed by atoms with Gasteiger partial charge in [0.2, 0.25) is 5.91 Å². The van der Waals surface area contributed by atoms with E-state index in [2.05, 4.69) is 0 Å². The highest BCUT2D eigenvalue weighted by Crippen LogP contribution is 2.63. The highest BCUT2D eigenvalue weighted by atomic mass is 16.4. The maximum absolute atomic E-state index is 12.1. The average Bonchev–Trinajstić information content (AvgIpc) is 2.73. The number of carbonyl (C=O) groups excluding carboxylic acids is 1. The molecule has 2 rings (SSSR count). The van der Waals surface area contributed by atoms with Crippen LogP contribution in [0.2, 0.25) is 0 Å². The predicted octanol–water partition coefficient (Wildman–Crippen LogP) is 1.50. The van der Waals surface area contributed by atoms with Crippen LogP contribution >= 0.6 is 0 Å². The van der Waals surface area contributed by atoms with E-state index < -0.39 is 12.0 Å². The molecular formula is C12H19NO3. The fraction of sp³-hybridized carbons (Fsp3) is 0.833. The molecule has 0 aromatic rings. The van der Waals surface area contributed by atoms with Gasteiger partial charge in [-0.1, -0.05) is 12.8 Å². The Balaban J connectivity index is 1.96. The number of aliphatic carboxylic acids is 1. The van der Waals surface area contributed by atoms with E-state index in [0.717, 1.165) is 19.3 Å². The second-order valence-corrected chi connectivity index (χ2v) is 5.29. The van der Waals surface area contributed by atoms with E-state index in [4.69, 9.17) is 5.11 Å². The quantitative estimate of drug-likeness (QED) is 0.791. The molecule has 2 atom stereocenters. The lowest BCUT2D eigenvalue weighted by atomic mass is 10.0. The van der Waals surface area contributed by atoms with Crippen molar-refractivity contribution in [3.8, 4) is 0 Å². The lowest BCUT2D eigenvalue weighted by Gasteiger charge is -2.22. The SMILES string of the molecule is CC(C(=O)O)N(C)C(=O)C1CC12CCCC2. The van der Waals surface area contributed by atoms with E-state index in [1.807, 2.05) is 0 Å². The van der Waals surface area contributed by atoms with Gasteiger partial charge in [-0.25, -0.2) is 4.79 Å². The number of rotatable bonds is 3. The van der Waals surface area contributed by atoms with Crippen molar-refractivity contribution in [1.29, 1.82) is 0 Å². The summed E-state index contributed by atoms with van der Waals surface area (Å²) in [6.07, 6.45) is 5.73. The molecule has 0 bridgehead atoms. The van der Waals surface area contributed by atoms with Gasteiger partial charge < -0.3 is 10.0 Å². The molecule has 4 heteroatoms. The topological polar surface area (TPSA) is 57.6 Å². The summed E-state index contributed by atoms with van der Waals surface area (Å²) >= 11 is 0. The van der Waals surface area contributed by atoms with Crippen molar-refractivity contribution in [3.05, 3.63) is 0 Å². The molecule has 0 heterocycles. The van der Waals surface area contributed by atoms with Crippen LogP contribution in [0.3, 0.4) is 0 Å². The van der Waals surface area contributed by atoms with E-state index in [0.29, 0.717) is 0 Å². The molecule has 2 aliphatic rings. The summed E-state index contributed by atoms with van der Waals surface area (Å²) in [5.41, 5.74) is 0.254. The maximum Gasteiger partial charge on any atom is 0.326 e. The molecule has 0 aromatic heterocycles. The highest BCUT2D eigenvalue weighted by molar-refractivity contribution is 5.87. The molecule has 0 radical (unpaired) electrons. The first-order chi connectivity index (χ1) is 7.48. The molecular weight excluding hydrogens is 206 g/mol. The van der Waals surface area contributed by atoms with Gasteiger partial charge in [-0.15, -0.1) is 0 Å². The van der Waals surface area contributed by atoms with Crippen molar-refractivity contribution in [2.24, 2.45) is 11.3 Å². The molecule has 0 saturated heterocycles. The van der Waals surface area contributed by atoms with Crippen LogP contribution in [-0.2, 0) is 9.59 Å². The monoisotopic (exact) mass is 225 g/mol. The zero-order chi connectivity index (χ0) is 11.9. The fourth-order valence-electron chi connectivity index (χ4n) is 2.93. The van der Waals surface area contributed by atoms with Crippen molar-refractivity contribution < 1.29 is 14.7 Å². The minimum Gasteiger partial charge on any atom is -0.480 e. The van der Waals surface area contributed by atoms with Crippen LogP contribution in [0, 0.1) is 11.3 Å². The van der Waals surface area contributed by atoms with E-state index in [-0.39, 0.29) is 17.2 Å². The standard InChI is InChI=1S/C12H19NO3/c1-8(11(15)16)13(2)10(14)9-7-12(9)5-3-4-6-12/h8-9H,3-7H2,1-2H3,(H,15,16). The van der Waals surface area contributed by atoms with Gasteiger partial charge in [0.15, 0.2) is 0 Å². The molecule has 2 aliphatic carbocycles. The van der Waals surface area contributed by atoms with Crippen LogP contribution in [0.15, 0.2) is 0 Å². The number of carboxylic acid groups (broad SMARTS) is 1. The zero-order valence-electron chi connectivity index (χ0n) is 9.90. The van der Waals surface area contributed by atoms with Gasteiger partial charge in [-0.05, 0) is 31.6 Å². The lowest BCUT2D eigenvalue weighted by Crippen LogP contribution is -2.41. The first-order valence-electron chi connectivity index (χ1n) is 5.97. The third-order valence-electron chi connectivity index (χ3n) is 4.37. The summed E-state index contributed by atoms with van der Waals surface area (Å²) < 4.78 is 0. The Kier molecular flexibility index (Phi) is 2.68. The number of likely N-dealkylation sites (N-methyl/N-ethyl adjacent to an activating group) is 1. The zero-order valence-corrected chi connectivity index (χ0v) is 9.90. The van der Waals surface area contributed by atoms with Crippen molar-refractivity contribution in [2.75, 3.05) is 7.05 Å². The largest absolute Gasteiger partial charge is 0.480 e. The van der Waals surface area contributed by atoms with Crippen LogP contribution < -0.4 is 0 Å². The van der Waals surface area contributed by atoms with Crippen molar-refractivity contribution in [2.45, 2.75) is 45.1 Å². The number of amides is 1. The molecule has 2 saturated carbocycles. The number of hydrogen-bond donors (Lipinski definition) is 1. The van der Waals surface area contributed by atoms with Gasteiger partial charge in [-0.2, -0.15) is 0 Å². The molecule has 90 valence electrons. The third kappa shape index (κ3) is 1.70. The smallest absolute Gasteiger partial charge is 0.326 e. The number of nitrogens with zero attached hydrogens (tertiary/aromatic N) is 1. The van der Waals surface area contributed by atoms with E-state index in [1.54, 1.807) is 14.0 Å². The molecule has 2 unspecified atom stereocenters. The molecule has 2 fully saturated rings. The average molecular weight is 225 g/mol. The van der Waals surface area contributed by atoms with Gasteiger partial charge in [0.1, 0.15) is 6.04 Å². The second kappa shape index (κ2) is 3.75. The Morgan fingerprint density at radius 1 is 1.38 bits per heavy atom. The molecule has 1 amide bonds. The summed E-state index contributed by atoms with van der Waals surface area (Å²) in [7, 11) is 1.60. The van der Waals surface area contributed by atoms with Crippen LogP contribution in [0.1, 0.15) is 39.0 Å². The summed E-state index contributed by atoms with van der Waals surface area (Å²) in [6.45, 7) is 1.56. The van der Waals surface area contributed by atoms with Crippen LogP contribution in [-0.4, -0.2) is 35.0 Å². The van der Waals surface area contributed by atoms with E-state index in [1.165, 1.54) is 17.7 Å². The van der Waals surface area contributed by atoms with Gasteiger partial charge >= 0.3 is 5.97 Å². The minimum atomic E-state index is -0.933. The summed E-state index contributed by atoms with van der Waals surface area (Å²) in [5, 5.41) is 8.87. The van der Waals surface area contributed by atoms with Crippen LogP contribution in [0.25, 0.3) is 0 Å². The Hall–Kier alpha value is -1.06. The normalized spacial score (nSPS) is 27.8. The number of hydrogen-bond acceptors (Lipinski definition) is 2. The highest BCUT2D eigenvalue weighted by Gasteiger charge is 2.59. The summed E-state index contributed by atoms with van der Waals surface area (Å²) in [6, 6.07) is -0.716. The van der Waals surface area contributed by atoms with Gasteiger partial charge in [0.25, 0.3) is 0 Å². The van der Waals surface area contributed by atoms with Gasteiger partial charge in [0, 0.05) is 13.0 Å². The Morgan fingerprint density at radius 2 is 1.94 bits per heavy atom. The molecule has 0 aliphatic heterocycles. The number of carboxylic acids is 1. The second-order valence-electron chi connectivity index (χ2n) is 5.29. The lowest BCUT2D eigenvalue weighted by molar-refractivity contribution is -0.149. The van der Waals surface area contributed by atoms with E-state index in [9.17, 15) is 9.59 Å². The Bertz CT molecular complexity index is 320. The number of carbonyl (C=O) groups is 2. The van der Waals surface area contributed by atoms with Crippen molar-refractivity contribution in [1.82, 2.24) is 4.90 Å². The Morgan fingerprint density at radius 3 is 2.44 bits per heavy atom. The molecule has 1 N–H and O–H groups in total. The van der Waals surface area contributed by atoms with Gasteiger partial charge in [0.05, 0.1) is 0 Å². The predicted molar refractivity (Wildman–Crippen MR) is 58.9 cm³/mol.